The number of hydrogen-bond donors (Lipinski definition) is 0. The third kappa shape index (κ3) is 3.63. The highest BCUT2D eigenvalue weighted by atomic mass is 16.5. The number of morpholine rings is 1. The van der Waals surface area contributed by atoms with Crippen LogP contribution in [0.1, 0.15) is 20.8 Å². The maximum absolute atomic E-state index is 5.59. The Hall–Kier alpha value is -0.120. The highest BCUT2D eigenvalue weighted by molar-refractivity contribution is 4.73. The molecule has 1 unspecified atom stereocenters. The van der Waals surface area contributed by atoms with Crippen LogP contribution in [0.25, 0.3) is 0 Å². The zero-order valence-electron chi connectivity index (χ0n) is 8.95. The molecule has 78 valence electrons. The van der Waals surface area contributed by atoms with Crippen molar-refractivity contribution in [2.24, 2.45) is 0 Å². The van der Waals surface area contributed by atoms with Crippen molar-refractivity contribution in [2.45, 2.75) is 32.9 Å². The van der Waals surface area contributed by atoms with Crippen LogP contribution in [0, 0.1) is 0 Å². The Kier molecular flexibility index (Phi) is 4.70. The topological polar surface area (TPSA) is 21.7 Å². The first-order valence-corrected chi connectivity index (χ1v) is 5.17. The smallest absolute Gasteiger partial charge is 0.0647 e. The van der Waals surface area contributed by atoms with Gasteiger partial charge < -0.3 is 9.47 Å². The molecule has 1 saturated heterocycles. The molecule has 0 amide bonds. The standard InChI is InChI=1S/C10H21NO2/c1-4-11-5-6-12-7-10(11)8-13-9(2)3/h9-10H,4-8H2,1-3H3. The molecule has 1 aliphatic heterocycles. The van der Waals surface area contributed by atoms with E-state index in [9.17, 15) is 0 Å². The lowest BCUT2D eigenvalue weighted by molar-refractivity contribution is -0.0519. The molecule has 0 aliphatic carbocycles. The van der Waals surface area contributed by atoms with Gasteiger partial charge >= 0.3 is 0 Å². The molecule has 13 heavy (non-hydrogen) atoms. The second kappa shape index (κ2) is 5.58. The zero-order chi connectivity index (χ0) is 9.68. The fourth-order valence-corrected chi connectivity index (χ4v) is 1.56. The summed E-state index contributed by atoms with van der Waals surface area (Å²) in [6, 6.07) is 0.459. The molecule has 0 spiro atoms. The predicted molar refractivity (Wildman–Crippen MR) is 52.9 cm³/mol. The molecule has 0 bridgehead atoms. The van der Waals surface area contributed by atoms with Crippen LogP contribution in [-0.4, -0.2) is 50.0 Å². The summed E-state index contributed by atoms with van der Waals surface area (Å²) in [4.78, 5) is 2.42. The Labute approximate surface area is 81.0 Å². The number of likely N-dealkylation sites (N-methyl/N-ethyl adjacent to an activating group) is 1. The molecule has 1 heterocycles. The number of rotatable bonds is 4. The molecule has 0 N–H and O–H groups in total. The van der Waals surface area contributed by atoms with Gasteiger partial charge in [-0.05, 0) is 20.4 Å². The summed E-state index contributed by atoms with van der Waals surface area (Å²) in [6.07, 6.45) is 0.320. The third-order valence-corrected chi connectivity index (χ3v) is 2.38. The van der Waals surface area contributed by atoms with Crippen molar-refractivity contribution < 1.29 is 9.47 Å². The van der Waals surface area contributed by atoms with Gasteiger partial charge in [-0.2, -0.15) is 0 Å². The molecule has 3 heteroatoms. The summed E-state index contributed by atoms with van der Waals surface area (Å²) in [5.41, 5.74) is 0. The lowest BCUT2D eigenvalue weighted by Crippen LogP contribution is -2.48. The van der Waals surface area contributed by atoms with Crippen molar-refractivity contribution in [1.29, 1.82) is 0 Å². The molecule has 1 aliphatic rings. The lowest BCUT2D eigenvalue weighted by atomic mass is 10.2. The van der Waals surface area contributed by atoms with Crippen molar-refractivity contribution >= 4 is 0 Å². The Morgan fingerprint density at radius 3 is 2.92 bits per heavy atom. The molecular formula is C10H21NO2. The minimum atomic E-state index is 0.320. The maximum atomic E-state index is 5.59. The largest absolute Gasteiger partial charge is 0.378 e. The van der Waals surface area contributed by atoms with Gasteiger partial charge in [0, 0.05) is 6.54 Å². The lowest BCUT2D eigenvalue weighted by Gasteiger charge is -2.34. The minimum absolute atomic E-state index is 0.320. The monoisotopic (exact) mass is 187 g/mol. The van der Waals surface area contributed by atoms with Crippen LogP contribution in [0.15, 0.2) is 0 Å². The summed E-state index contributed by atoms with van der Waals surface area (Å²) in [5, 5.41) is 0. The van der Waals surface area contributed by atoms with Gasteiger partial charge in [-0.15, -0.1) is 0 Å². The van der Waals surface area contributed by atoms with E-state index in [2.05, 4.69) is 25.7 Å². The predicted octanol–water partition coefficient (Wildman–Crippen LogP) is 1.13. The van der Waals surface area contributed by atoms with E-state index in [1.165, 1.54) is 0 Å². The van der Waals surface area contributed by atoms with Crippen LogP contribution < -0.4 is 0 Å². The molecular weight excluding hydrogens is 166 g/mol. The fraction of sp³-hybridized carbons (Fsp3) is 1.00. The molecule has 0 aromatic carbocycles. The van der Waals surface area contributed by atoms with Crippen molar-refractivity contribution in [1.82, 2.24) is 4.90 Å². The van der Waals surface area contributed by atoms with Gasteiger partial charge in [0.2, 0.25) is 0 Å². The first-order valence-electron chi connectivity index (χ1n) is 5.17. The molecule has 3 nitrogen and oxygen atoms in total. The van der Waals surface area contributed by atoms with Crippen molar-refractivity contribution in [3.05, 3.63) is 0 Å². The average molecular weight is 187 g/mol. The van der Waals surface area contributed by atoms with Crippen molar-refractivity contribution in [3.63, 3.8) is 0 Å². The van der Waals surface area contributed by atoms with E-state index in [-0.39, 0.29) is 0 Å². The first kappa shape index (κ1) is 11.0. The van der Waals surface area contributed by atoms with Crippen LogP contribution in [-0.2, 0) is 9.47 Å². The number of ether oxygens (including phenoxy) is 2. The first-order chi connectivity index (χ1) is 6.24. The Morgan fingerprint density at radius 1 is 1.54 bits per heavy atom. The summed E-state index contributed by atoms with van der Waals surface area (Å²) < 4.78 is 11.0. The summed E-state index contributed by atoms with van der Waals surface area (Å²) >= 11 is 0. The van der Waals surface area contributed by atoms with Crippen LogP contribution in [0.4, 0.5) is 0 Å². The molecule has 0 radical (unpaired) electrons. The van der Waals surface area contributed by atoms with Crippen molar-refractivity contribution in [3.8, 4) is 0 Å². The second-order valence-corrected chi connectivity index (χ2v) is 3.74. The van der Waals surface area contributed by atoms with Crippen LogP contribution in [0.3, 0.4) is 0 Å². The molecule has 0 aromatic heterocycles. The zero-order valence-corrected chi connectivity index (χ0v) is 8.95. The highest BCUT2D eigenvalue weighted by Crippen LogP contribution is 2.07. The molecule has 1 rings (SSSR count). The quantitative estimate of drug-likeness (QED) is 0.658. The van der Waals surface area contributed by atoms with Gasteiger partial charge in [0.15, 0.2) is 0 Å². The van der Waals surface area contributed by atoms with E-state index in [0.717, 1.165) is 32.9 Å². The summed E-state index contributed by atoms with van der Waals surface area (Å²) in [5.74, 6) is 0. The Morgan fingerprint density at radius 2 is 2.31 bits per heavy atom. The number of hydrogen-bond acceptors (Lipinski definition) is 3. The minimum Gasteiger partial charge on any atom is -0.378 e. The van der Waals surface area contributed by atoms with Gasteiger partial charge in [0.25, 0.3) is 0 Å². The molecule has 0 saturated carbocycles. The summed E-state index contributed by atoms with van der Waals surface area (Å²) in [6.45, 7) is 10.9. The van der Waals surface area contributed by atoms with E-state index in [1.54, 1.807) is 0 Å². The molecule has 0 aromatic rings. The van der Waals surface area contributed by atoms with E-state index in [0.29, 0.717) is 12.1 Å². The maximum Gasteiger partial charge on any atom is 0.0647 e. The van der Waals surface area contributed by atoms with Crippen LogP contribution in [0.5, 0.6) is 0 Å². The normalized spacial score (nSPS) is 25.4. The SMILES string of the molecule is CCN1CCOCC1COC(C)C. The Bertz CT molecular complexity index is 139. The van der Waals surface area contributed by atoms with Crippen molar-refractivity contribution in [2.75, 3.05) is 32.9 Å². The number of nitrogens with zero attached hydrogens (tertiary/aromatic N) is 1. The van der Waals surface area contributed by atoms with Gasteiger partial charge in [-0.25, -0.2) is 0 Å². The van der Waals surface area contributed by atoms with E-state index >= 15 is 0 Å². The van der Waals surface area contributed by atoms with Gasteiger partial charge in [0.05, 0.1) is 32.0 Å². The van der Waals surface area contributed by atoms with E-state index in [1.807, 2.05) is 0 Å². The van der Waals surface area contributed by atoms with Crippen LogP contribution in [0.2, 0.25) is 0 Å². The van der Waals surface area contributed by atoms with Gasteiger partial charge in [-0.3, -0.25) is 4.90 Å². The average Bonchev–Trinajstić information content (AvgIpc) is 2.15. The molecule has 1 atom stereocenters. The Balaban J connectivity index is 2.27. The van der Waals surface area contributed by atoms with Crippen LogP contribution >= 0.6 is 0 Å². The second-order valence-electron chi connectivity index (χ2n) is 3.74. The van der Waals surface area contributed by atoms with E-state index in [4.69, 9.17) is 9.47 Å². The van der Waals surface area contributed by atoms with Gasteiger partial charge in [-0.1, -0.05) is 6.92 Å². The highest BCUT2D eigenvalue weighted by Gasteiger charge is 2.21. The van der Waals surface area contributed by atoms with E-state index < -0.39 is 0 Å². The van der Waals surface area contributed by atoms with Gasteiger partial charge in [0.1, 0.15) is 0 Å². The molecule has 1 fully saturated rings. The summed E-state index contributed by atoms with van der Waals surface area (Å²) in [7, 11) is 0. The fourth-order valence-electron chi connectivity index (χ4n) is 1.56. The third-order valence-electron chi connectivity index (χ3n) is 2.38.